The average molecular weight is 465 g/mol. The number of para-hydroxylation sites is 1. The van der Waals surface area contributed by atoms with Crippen LogP contribution in [0, 0.1) is 0 Å². The lowest BCUT2D eigenvalue weighted by Crippen LogP contribution is -2.48. The minimum absolute atomic E-state index is 0.127. The first kappa shape index (κ1) is 22.2. The van der Waals surface area contributed by atoms with Gasteiger partial charge in [0.05, 0.1) is 10.9 Å². The molecule has 2 aliphatic heterocycles. The van der Waals surface area contributed by atoms with E-state index < -0.39 is 5.69 Å². The molecule has 1 saturated heterocycles. The number of rotatable bonds is 7. The molecule has 0 aliphatic carbocycles. The number of amides is 1. The van der Waals surface area contributed by atoms with E-state index in [1.54, 1.807) is 24.3 Å². The maximum absolute atomic E-state index is 12.7. The third-order valence-corrected chi connectivity index (χ3v) is 6.48. The summed E-state index contributed by atoms with van der Waals surface area (Å²) in [6.45, 7) is 4.43. The summed E-state index contributed by atoms with van der Waals surface area (Å²) < 4.78 is 12.0. The minimum Gasteiger partial charge on any atom is -0.454 e. The molecule has 1 N–H and O–H groups in total. The number of aromatic nitrogens is 2. The molecular weight excluding hydrogens is 436 g/mol. The van der Waals surface area contributed by atoms with Gasteiger partial charge in [-0.2, -0.15) is 0 Å². The summed E-state index contributed by atoms with van der Waals surface area (Å²) in [6.07, 6.45) is 1.65. The molecule has 0 atom stereocenters. The summed E-state index contributed by atoms with van der Waals surface area (Å²) in [7, 11) is 0. The molecule has 3 aromatic rings. The molecule has 0 bridgehead atoms. The van der Waals surface area contributed by atoms with Gasteiger partial charge in [0, 0.05) is 45.7 Å². The zero-order valence-electron chi connectivity index (χ0n) is 19.0. The van der Waals surface area contributed by atoms with Crippen molar-refractivity contribution in [1.82, 2.24) is 19.4 Å². The van der Waals surface area contributed by atoms with Crippen LogP contribution in [0.4, 0.5) is 0 Å². The second-order valence-corrected chi connectivity index (χ2v) is 8.73. The Hall–Kier alpha value is -3.59. The monoisotopic (exact) mass is 464 g/mol. The van der Waals surface area contributed by atoms with Crippen LogP contribution in [-0.4, -0.2) is 58.2 Å². The summed E-state index contributed by atoms with van der Waals surface area (Å²) in [5.74, 6) is 1.70. The van der Waals surface area contributed by atoms with Crippen LogP contribution in [0.1, 0.15) is 24.8 Å². The largest absolute Gasteiger partial charge is 0.454 e. The Balaban J connectivity index is 1.07. The first-order valence-electron chi connectivity index (χ1n) is 11.7. The Labute approximate surface area is 196 Å². The summed E-state index contributed by atoms with van der Waals surface area (Å²) in [4.78, 5) is 44.5. The molecule has 34 heavy (non-hydrogen) atoms. The zero-order valence-corrected chi connectivity index (χ0v) is 19.0. The lowest BCUT2D eigenvalue weighted by atomic mass is 10.1. The topological polar surface area (TPSA) is 96.9 Å². The number of nitrogens with zero attached hydrogens (tertiary/aromatic N) is 3. The summed E-state index contributed by atoms with van der Waals surface area (Å²) >= 11 is 0. The number of ether oxygens (including phenoxy) is 2. The highest BCUT2D eigenvalue weighted by Gasteiger charge is 2.22. The van der Waals surface area contributed by atoms with Crippen molar-refractivity contribution in [3.05, 3.63) is 68.9 Å². The standard InChI is InChI=1S/C25H28N4O5/c30-23(7-3-4-10-29-24(31)19-5-1-2-6-20(19)26-25(29)32)28-13-11-27(12-14-28)16-18-8-9-21-22(15-18)34-17-33-21/h1-2,5-6,8-9,15H,3-4,7,10-14,16-17H2,(H,26,32). The number of carbonyl (C=O) groups is 1. The van der Waals surface area contributed by atoms with Gasteiger partial charge < -0.3 is 19.4 Å². The van der Waals surface area contributed by atoms with Crippen LogP contribution in [0.25, 0.3) is 10.9 Å². The fourth-order valence-electron chi connectivity index (χ4n) is 4.56. The molecule has 0 spiro atoms. The second-order valence-electron chi connectivity index (χ2n) is 8.73. The molecule has 3 heterocycles. The number of H-pyrrole nitrogens is 1. The van der Waals surface area contributed by atoms with Crippen LogP contribution >= 0.6 is 0 Å². The van der Waals surface area contributed by atoms with Crippen molar-refractivity contribution in [3.8, 4) is 11.5 Å². The first-order valence-corrected chi connectivity index (χ1v) is 11.7. The van der Waals surface area contributed by atoms with Gasteiger partial charge in [-0.25, -0.2) is 4.79 Å². The van der Waals surface area contributed by atoms with Crippen LogP contribution in [0.5, 0.6) is 11.5 Å². The van der Waals surface area contributed by atoms with Crippen molar-refractivity contribution in [3.63, 3.8) is 0 Å². The molecule has 2 aromatic carbocycles. The number of benzene rings is 2. The van der Waals surface area contributed by atoms with Crippen LogP contribution in [-0.2, 0) is 17.9 Å². The Bertz CT molecular complexity index is 1310. The molecule has 1 amide bonds. The lowest BCUT2D eigenvalue weighted by Gasteiger charge is -2.34. The number of carbonyl (C=O) groups excluding carboxylic acids is 1. The van der Waals surface area contributed by atoms with Crippen LogP contribution in [0.15, 0.2) is 52.1 Å². The Morgan fingerprint density at radius 1 is 0.941 bits per heavy atom. The second kappa shape index (κ2) is 9.72. The van der Waals surface area contributed by atoms with Gasteiger partial charge in [0.25, 0.3) is 5.56 Å². The Morgan fingerprint density at radius 3 is 2.59 bits per heavy atom. The quantitative estimate of drug-likeness (QED) is 0.537. The van der Waals surface area contributed by atoms with Crippen molar-refractivity contribution in [2.75, 3.05) is 33.0 Å². The van der Waals surface area contributed by atoms with E-state index in [2.05, 4.69) is 16.0 Å². The van der Waals surface area contributed by atoms with Crippen molar-refractivity contribution in [2.45, 2.75) is 32.4 Å². The highest BCUT2D eigenvalue weighted by atomic mass is 16.7. The molecule has 1 fully saturated rings. The third-order valence-electron chi connectivity index (χ3n) is 6.48. The third kappa shape index (κ3) is 4.70. The number of hydrogen-bond donors (Lipinski definition) is 1. The van der Waals surface area contributed by atoms with Gasteiger partial charge >= 0.3 is 5.69 Å². The predicted molar refractivity (Wildman–Crippen MR) is 127 cm³/mol. The van der Waals surface area contributed by atoms with Gasteiger partial charge in [0.2, 0.25) is 12.7 Å². The molecule has 5 rings (SSSR count). The molecule has 0 radical (unpaired) electrons. The SMILES string of the molecule is O=C(CCCCn1c(=O)[nH]c2ccccc2c1=O)N1CCN(Cc2ccc3c(c2)OCO3)CC1. The van der Waals surface area contributed by atoms with Crippen molar-refractivity contribution in [1.29, 1.82) is 0 Å². The Kier molecular flexibility index (Phi) is 6.35. The van der Waals surface area contributed by atoms with Crippen LogP contribution in [0.3, 0.4) is 0 Å². The van der Waals surface area contributed by atoms with Crippen molar-refractivity contribution < 1.29 is 14.3 Å². The van der Waals surface area contributed by atoms with E-state index in [0.29, 0.717) is 49.8 Å². The summed E-state index contributed by atoms with van der Waals surface area (Å²) in [5.41, 5.74) is 1.02. The van der Waals surface area contributed by atoms with E-state index >= 15 is 0 Å². The maximum atomic E-state index is 12.7. The number of nitrogens with one attached hydrogen (secondary N) is 1. The number of hydrogen-bond acceptors (Lipinski definition) is 6. The van der Waals surface area contributed by atoms with Crippen molar-refractivity contribution >= 4 is 16.8 Å². The van der Waals surface area contributed by atoms with E-state index in [0.717, 1.165) is 31.1 Å². The number of unbranched alkanes of at least 4 members (excludes halogenated alkanes) is 1. The van der Waals surface area contributed by atoms with Gasteiger partial charge in [-0.15, -0.1) is 0 Å². The number of fused-ring (bicyclic) bond motifs is 2. The van der Waals surface area contributed by atoms with Gasteiger partial charge in [-0.1, -0.05) is 18.2 Å². The fourth-order valence-corrected chi connectivity index (χ4v) is 4.56. The number of piperazine rings is 1. The molecule has 178 valence electrons. The molecule has 0 unspecified atom stereocenters. The van der Waals surface area contributed by atoms with Gasteiger partial charge in [-0.05, 0) is 42.7 Å². The van der Waals surface area contributed by atoms with Gasteiger partial charge in [-0.3, -0.25) is 19.1 Å². The van der Waals surface area contributed by atoms with Crippen LogP contribution < -0.4 is 20.7 Å². The maximum Gasteiger partial charge on any atom is 0.328 e. The summed E-state index contributed by atoms with van der Waals surface area (Å²) in [5, 5.41) is 0.497. The average Bonchev–Trinajstić information content (AvgIpc) is 3.32. The normalized spacial score (nSPS) is 15.7. The lowest BCUT2D eigenvalue weighted by molar-refractivity contribution is -0.133. The van der Waals surface area contributed by atoms with E-state index in [4.69, 9.17) is 9.47 Å². The van der Waals surface area contributed by atoms with E-state index in [-0.39, 0.29) is 18.3 Å². The molecular formula is C25H28N4O5. The van der Waals surface area contributed by atoms with E-state index in [9.17, 15) is 14.4 Å². The predicted octanol–water partition coefficient (Wildman–Crippen LogP) is 1.93. The first-order chi connectivity index (χ1) is 16.6. The fraction of sp³-hybridized carbons (Fsp3) is 0.400. The molecule has 9 nitrogen and oxygen atoms in total. The van der Waals surface area contributed by atoms with Gasteiger partial charge in [0.15, 0.2) is 11.5 Å². The summed E-state index contributed by atoms with van der Waals surface area (Å²) in [6, 6.07) is 13.0. The highest BCUT2D eigenvalue weighted by molar-refractivity contribution is 5.77. The van der Waals surface area contributed by atoms with Gasteiger partial charge in [0.1, 0.15) is 0 Å². The van der Waals surface area contributed by atoms with Crippen LogP contribution in [0.2, 0.25) is 0 Å². The smallest absolute Gasteiger partial charge is 0.328 e. The Morgan fingerprint density at radius 2 is 1.74 bits per heavy atom. The molecule has 2 aliphatic rings. The highest BCUT2D eigenvalue weighted by Crippen LogP contribution is 2.32. The molecule has 0 saturated carbocycles. The zero-order chi connectivity index (χ0) is 23.5. The van der Waals surface area contributed by atoms with E-state index in [1.165, 1.54) is 10.1 Å². The molecule has 1 aromatic heterocycles. The van der Waals surface area contributed by atoms with Crippen molar-refractivity contribution in [2.24, 2.45) is 0 Å². The van der Waals surface area contributed by atoms with E-state index in [1.807, 2.05) is 17.0 Å². The minimum atomic E-state index is -0.409. The number of aromatic amines is 1. The molecule has 9 heteroatoms.